The third-order valence-corrected chi connectivity index (χ3v) is 5.93. The van der Waals surface area contributed by atoms with Crippen LogP contribution >= 0.6 is 0 Å². The first kappa shape index (κ1) is 17.3. The van der Waals surface area contributed by atoms with E-state index >= 15 is 0 Å². The topological polar surface area (TPSA) is 56.0 Å². The Morgan fingerprint density at radius 1 is 1.23 bits per heavy atom. The van der Waals surface area contributed by atoms with Crippen molar-refractivity contribution >= 4 is 5.91 Å². The van der Waals surface area contributed by atoms with E-state index in [1.54, 1.807) is 10.9 Å². The highest BCUT2D eigenvalue weighted by atomic mass is 16.2. The van der Waals surface area contributed by atoms with Crippen LogP contribution in [0, 0.1) is 12.8 Å². The van der Waals surface area contributed by atoms with Crippen LogP contribution in [-0.4, -0.2) is 43.2 Å². The maximum Gasteiger partial charge on any atom is 0.272 e. The second kappa shape index (κ2) is 7.25. The van der Waals surface area contributed by atoms with Gasteiger partial charge in [0.05, 0.1) is 0 Å². The molecular formula is C20H29N5O. The van der Waals surface area contributed by atoms with E-state index in [2.05, 4.69) is 21.6 Å². The number of hydrogen-bond donors (Lipinski definition) is 0. The Balaban J connectivity index is 1.30. The Morgan fingerprint density at radius 3 is 2.69 bits per heavy atom. The van der Waals surface area contributed by atoms with Crippen LogP contribution in [0.3, 0.4) is 0 Å². The van der Waals surface area contributed by atoms with Gasteiger partial charge in [-0.2, -0.15) is 5.10 Å². The maximum absolute atomic E-state index is 12.7. The van der Waals surface area contributed by atoms with Crippen LogP contribution in [-0.2, 0) is 13.1 Å². The summed E-state index contributed by atoms with van der Waals surface area (Å²) in [6, 6.07) is 1.83. The van der Waals surface area contributed by atoms with E-state index in [1.165, 1.54) is 30.8 Å². The number of rotatable bonds is 6. The van der Waals surface area contributed by atoms with Crippen LogP contribution in [0.2, 0.25) is 0 Å². The minimum absolute atomic E-state index is 0.129. The maximum atomic E-state index is 12.7. The van der Waals surface area contributed by atoms with Gasteiger partial charge in [-0.15, -0.1) is 0 Å². The van der Waals surface area contributed by atoms with Gasteiger partial charge in [-0.3, -0.25) is 9.48 Å². The lowest BCUT2D eigenvalue weighted by atomic mass is 9.93. The summed E-state index contributed by atoms with van der Waals surface area (Å²) in [5.41, 5.74) is 2.00. The zero-order valence-electron chi connectivity index (χ0n) is 15.9. The van der Waals surface area contributed by atoms with Crippen molar-refractivity contribution in [1.82, 2.24) is 24.2 Å². The van der Waals surface area contributed by atoms with Gasteiger partial charge < -0.3 is 9.47 Å². The van der Waals surface area contributed by atoms with Crippen LogP contribution in [0.4, 0.5) is 0 Å². The molecule has 0 aromatic carbocycles. The highest BCUT2D eigenvalue weighted by Gasteiger charge is 2.29. The minimum Gasteiger partial charge on any atom is -0.337 e. The SMILES string of the molecule is CCn1nccc1C(=O)N1CCC(CCn2c(C)cnc2C2CC2)CC1. The Morgan fingerprint density at radius 2 is 2.00 bits per heavy atom. The molecule has 4 rings (SSSR count). The van der Waals surface area contributed by atoms with Gasteiger partial charge in [0.2, 0.25) is 0 Å². The fraction of sp³-hybridized carbons (Fsp3) is 0.650. The molecule has 1 saturated heterocycles. The number of carbonyl (C=O) groups excluding carboxylic acids is 1. The summed E-state index contributed by atoms with van der Waals surface area (Å²) in [6.45, 7) is 7.70. The van der Waals surface area contributed by atoms with Crippen LogP contribution in [0.25, 0.3) is 0 Å². The largest absolute Gasteiger partial charge is 0.337 e. The van der Waals surface area contributed by atoms with Crippen LogP contribution in [0.1, 0.15) is 67.0 Å². The minimum atomic E-state index is 0.129. The molecule has 2 aromatic heterocycles. The van der Waals surface area contributed by atoms with E-state index in [-0.39, 0.29) is 5.91 Å². The molecule has 0 unspecified atom stereocenters. The fourth-order valence-electron chi connectivity index (χ4n) is 4.10. The highest BCUT2D eigenvalue weighted by molar-refractivity contribution is 5.92. The molecule has 1 aliphatic heterocycles. The monoisotopic (exact) mass is 355 g/mol. The summed E-state index contributed by atoms with van der Waals surface area (Å²) in [5, 5.41) is 4.22. The van der Waals surface area contributed by atoms with E-state index in [1.807, 2.05) is 24.1 Å². The van der Waals surface area contributed by atoms with E-state index in [4.69, 9.17) is 0 Å². The van der Waals surface area contributed by atoms with Gasteiger partial charge in [0.1, 0.15) is 11.5 Å². The predicted molar refractivity (Wildman–Crippen MR) is 100 cm³/mol. The molecule has 6 heteroatoms. The lowest BCUT2D eigenvalue weighted by molar-refractivity contribution is 0.0672. The number of aromatic nitrogens is 4. The van der Waals surface area contributed by atoms with Crippen molar-refractivity contribution in [3.8, 4) is 0 Å². The van der Waals surface area contributed by atoms with Crippen LogP contribution < -0.4 is 0 Å². The molecule has 2 fully saturated rings. The highest BCUT2D eigenvalue weighted by Crippen LogP contribution is 2.39. The first-order valence-electron chi connectivity index (χ1n) is 10.0. The van der Waals surface area contributed by atoms with Crippen molar-refractivity contribution in [1.29, 1.82) is 0 Å². The standard InChI is InChI=1S/C20H29N5O/c1-3-25-18(6-10-22-25)20(26)23-11-7-16(8-12-23)9-13-24-15(2)14-21-19(24)17-4-5-17/h6,10,14,16-17H,3-5,7-9,11-13H2,1-2H3. The predicted octanol–water partition coefficient (Wildman–Crippen LogP) is 3.23. The van der Waals surface area contributed by atoms with Gasteiger partial charge in [0, 0.05) is 50.2 Å². The summed E-state index contributed by atoms with van der Waals surface area (Å²) in [5.74, 6) is 2.82. The summed E-state index contributed by atoms with van der Waals surface area (Å²) in [6.07, 6.45) is 9.71. The van der Waals surface area contributed by atoms with E-state index < -0.39 is 0 Å². The van der Waals surface area contributed by atoms with Crippen molar-refractivity contribution in [2.45, 2.75) is 65.0 Å². The van der Waals surface area contributed by atoms with Crippen molar-refractivity contribution in [3.63, 3.8) is 0 Å². The number of likely N-dealkylation sites (tertiary alicyclic amines) is 1. The number of imidazole rings is 1. The van der Waals surface area contributed by atoms with Gasteiger partial charge in [0.25, 0.3) is 5.91 Å². The Kier molecular flexibility index (Phi) is 4.83. The van der Waals surface area contributed by atoms with Crippen molar-refractivity contribution in [3.05, 3.63) is 35.7 Å². The smallest absolute Gasteiger partial charge is 0.272 e. The van der Waals surface area contributed by atoms with E-state index in [0.717, 1.165) is 39.0 Å². The first-order chi connectivity index (χ1) is 12.7. The van der Waals surface area contributed by atoms with Crippen LogP contribution in [0.5, 0.6) is 0 Å². The zero-order valence-corrected chi connectivity index (χ0v) is 15.9. The molecule has 0 N–H and O–H groups in total. The molecule has 0 atom stereocenters. The average molecular weight is 355 g/mol. The second-order valence-corrected chi connectivity index (χ2v) is 7.74. The summed E-state index contributed by atoms with van der Waals surface area (Å²) >= 11 is 0. The normalized spacial score (nSPS) is 18.5. The number of nitrogens with zero attached hydrogens (tertiary/aromatic N) is 5. The van der Waals surface area contributed by atoms with Crippen molar-refractivity contribution < 1.29 is 4.79 Å². The molecule has 1 saturated carbocycles. The zero-order chi connectivity index (χ0) is 18.1. The third kappa shape index (κ3) is 3.41. The van der Waals surface area contributed by atoms with Gasteiger partial charge in [-0.05, 0) is 57.9 Å². The molecule has 3 heterocycles. The Bertz CT molecular complexity index is 765. The molecule has 1 aliphatic carbocycles. The van der Waals surface area contributed by atoms with Gasteiger partial charge in [0.15, 0.2) is 0 Å². The molecule has 0 spiro atoms. The van der Waals surface area contributed by atoms with E-state index in [0.29, 0.717) is 17.5 Å². The van der Waals surface area contributed by atoms with Crippen molar-refractivity contribution in [2.24, 2.45) is 5.92 Å². The summed E-state index contributed by atoms with van der Waals surface area (Å²) in [4.78, 5) is 19.3. The Hall–Kier alpha value is -2.11. The average Bonchev–Trinajstić information content (AvgIpc) is 3.28. The van der Waals surface area contributed by atoms with Gasteiger partial charge in [-0.1, -0.05) is 0 Å². The number of hydrogen-bond acceptors (Lipinski definition) is 3. The van der Waals surface area contributed by atoms with Crippen molar-refractivity contribution in [2.75, 3.05) is 13.1 Å². The number of piperidine rings is 1. The molecule has 2 aliphatic rings. The number of carbonyl (C=O) groups is 1. The van der Waals surface area contributed by atoms with E-state index in [9.17, 15) is 4.79 Å². The molecule has 1 amide bonds. The quantitative estimate of drug-likeness (QED) is 0.799. The Labute approximate surface area is 155 Å². The van der Waals surface area contributed by atoms with Gasteiger partial charge >= 0.3 is 0 Å². The summed E-state index contributed by atoms with van der Waals surface area (Å²) < 4.78 is 4.21. The number of aryl methyl sites for hydroxylation is 2. The van der Waals surface area contributed by atoms with Gasteiger partial charge in [-0.25, -0.2) is 4.98 Å². The van der Waals surface area contributed by atoms with Crippen LogP contribution in [0.15, 0.2) is 18.5 Å². The molecule has 2 aromatic rings. The lowest BCUT2D eigenvalue weighted by Crippen LogP contribution is -2.39. The molecule has 0 radical (unpaired) electrons. The number of amides is 1. The molecule has 140 valence electrons. The summed E-state index contributed by atoms with van der Waals surface area (Å²) in [7, 11) is 0. The lowest BCUT2D eigenvalue weighted by Gasteiger charge is -2.32. The second-order valence-electron chi connectivity index (χ2n) is 7.74. The molecular weight excluding hydrogens is 326 g/mol. The molecule has 6 nitrogen and oxygen atoms in total. The fourth-order valence-corrected chi connectivity index (χ4v) is 4.10. The third-order valence-electron chi connectivity index (χ3n) is 5.93. The molecule has 0 bridgehead atoms. The first-order valence-corrected chi connectivity index (χ1v) is 10.0. The molecule has 26 heavy (non-hydrogen) atoms.